The molecule has 0 aliphatic carbocycles. The van der Waals surface area contributed by atoms with Crippen LogP contribution in [0.3, 0.4) is 0 Å². The zero-order valence-electron chi connectivity index (χ0n) is 20.4. The van der Waals surface area contributed by atoms with Crippen molar-refractivity contribution in [2.24, 2.45) is 0 Å². The van der Waals surface area contributed by atoms with Crippen molar-refractivity contribution in [3.63, 3.8) is 0 Å². The van der Waals surface area contributed by atoms with Gasteiger partial charge in [0.15, 0.2) is 11.8 Å². The number of fused-ring (bicyclic) bond motifs is 1. The molecule has 1 fully saturated rings. The molecule has 1 amide bonds. The van der Waals surface area contributed by atoms with Gasteiger partial charge in [0.05, 0.1) is 17.7 Å². The molecule has 0 radical (unpaired) electrons. The first-order chi connectivity index (χ1) is 18.3. The van der Waals surface area contributed by atoms with Gasteiger partial charge >= 0.3 is 18.3 Å². The van der Waals surface area contributed by atoms with Crippen molar-refractivity contribution >= 4 is 28.6 Å². The van der Waals surface area contributed by atoms with Crippen LogP contribution in [-0.4, -0.2) is 59.3 Å². The van der Waals surface area contributed by atoms with Gasteiger partial charge in [-0.15, -0.1) is 0 Å². The van der Waals surface area contributed by atoms with E-state index in [2.05, 4.69) is 10.3 Å². The van der Waals surface area contributed by atoms with Crippen LogP contribution in [0.2, 0.25) is 0 Å². The molecule has 1 aromatic heterocycles. The maximum atomic E-state index is 13.4. The predicted octanol–water partition coefficient (Wildman–Crippen LogP) is 4.36. The molecule has 208 valence electrons. The number of alkyl halides is 6. The summed E-state index contributed by atoms with van der Waals surface area (Å²) in [5.41, 5.74) is -2.69. The number of benzene rings is 2. The molecule has 3 aromatic rings. The number of ether oxygens (including phenoxy) is 1. The summed E-state index contributed by atoms with van der Waals surface area (Å²) in [6.07, 6.45) is -8.39. The minimum atomic E-state index is -5.17. The molecule has 2 aromatic carbocycles. The first-order valence-corrected chi connectivity index (χ1v) is 11.9. The van der Waals surface area contributed by atoms with Crippen molar-refractivity contribution in [1.82, 2.24) is 15.2 Å². The first kappa shape index (κ1) is 28.1. The second kappa shape index (κ2) is 10.7. The number of nitrogens with zero attached hydrogens (tertiary/aromatic N) is 1. The van der Waals surface area contributed by atoms with Crippen molar-refractivity contribution in [3.05, 3.63) is 70.9 Å². The third-order valence-electron chi connectivity index (χ3n) is 6.30. The van der Waals surface area contributed by atoms with Crippen LogP contribution in [0.4, 0.5) is 26.3 Å². The third-order valence-corrected chi connectivity index (χ3v) is 6.30. The SMILES string of the molecule is CCOC(=O)CN1CC(Cc2c[nH]c3ccccc23)NC(C(=O)c2cc(C(F)(F)F)cc(C(F)(F)F)c2)C1=O. The third kappa shape index (κ3) is 6.24. The number of piperazine rings is 1. The Bertz CT molecular complexity index is 1370. The number of H-pyrrole nitrogens is 1. The smallest absolute Gasteiger partial charge is 0.416 e. The summed E-state index contributed by atoms with van der Waals surface area (Å²) in [4.78, 5) is 42.7. The van der Waals surface area contributed by atoms with Gasteiger partial charge in [0.25, 0.3) is 0 Å². The number of ketones is 1. The minimum absolute atomic E-state index is 0.0185. The van der Waals surface area contributed by atoms with E-state index in [0.29, 0.717) is 0 Å². The monoisotopic (exact) mass is 555 g/mol. The molecular formula is C26H23F6N3O4. The fourth-order valence-corrected chi connectivity index (χ4v) is 4.54. The molecule has 1 aliphatic rings. The van der Waals surface area contributed by atoms with Crippen molar-refractivity contribution in [2.45, 2.75) is 37.8 Å². The van der Waals surface area contributed by atoms with E-state index in [0.717, 1.165) is 21.4 Å². The van der Waals surface area contributed by atoms with Gasteiger partial charge in [-0.3, -0.25) is 19.7 Å². The van der Waals surface area contributed by atoms with Crippen LogP contribution in [0.1, 0.15) is 34.0 Å². The standard InChI is InChI=1S/C26H23F6N3O4/c1-2-39-21(36)13-35-12-18(9-15-11-33-20-6-4-3-5-19(15)20)34-22(24(35)38)23(37)14-7-16(25(27,28)29)10-17(8-14)26(30,31)32/h3-8,10-11,18,22,33-34H,2,9,12-13H2,1H3. The number of aromatic amines is 1. The molecule has 2 heterocycles. The number of halogens is 6. The summed E-state index contributed by atoms with van der Waals surface area (Å²) >= 11 is 0. The fourth-order valence-electron chi connectivity index (χ4n) is 4.54. The van der Waals surface area contributed by atoms with Gasteiger partial charge < -0.3 is 14.6 Å². The molecule has 2 N–H and O–H groups in total. The number of carbonyl (C=O) groups excluding carboxylic acids is 3. The van der Waals surface area contributed by atoms with Gasteiger partial charge in [-0.05, 0) is 43.2 Å². The number of amides is 1. The molecule has 4 rings (SSSR count). The van der Waals surface area contributed by atoms with Gasteiger partial charge in [0, 0.05) is 35.2 Å². The summed E-state index contributed by atoms with van der Waals surface area (Å²) in [5, 5.41) is 3.64. The van der Waals surface area contributed by atoms with Crippen molar-refractivity contribution in [2.75, 3.05) is 19.7 Å². The quantitative estimate of drug-likeness (QED) is 0.196. The summed E-state index contributed by atoms with van der Waals surface area (Å²) in [6, 6.07) is 5.28. The van der Waals surface area contributed by atoms with E-state index >= 15 is 0 Å². The van der Waals surface area contributed by atoms with E-state index < -0.39 is 65.3 Å². The van der Waals surface area contributed by atoms with Gasteiger partial charge in [0.1, 0.15) is 6.54 Å². The second-order valence-corrected chi connectivity index (χ2v) is 9.04. The zero-order valence-corrected chi connectivity index (χ0v) is 20.4. The number of hydrogen-bond donors (Lipinski definition) is 2. The Morgan fingerprint density at radius 2 is 1.67 bits per heavy atom. The van der Waals surface area contributed by atoms with Crippen LogP contribution in [-0.2, 0) is 33.1 Å². The van der Waals surface area contributed by atoms with E-state index in [-0.39, 0.29) is 37.8 Å². The molecule has 39 heavy (non-hydrogen) atoms. The molecule has 0 bridgehead atoms. The highest BCUT2D eigenvalue weighted by atomic mass is 19.4. The lowest BCUT2D eigenvalue weighted by Crippen LogP contribution is -2.64. The predicted molar refractivity (Wildman–Crippen MR) is 127 cm³/mol. The lowest BCUT2D eigenvalue weighted by molar-refractivity contribution is -0.150. The average Bonchev–Trinajstić information content (AvgIpc) is 3.27. The maximum Gasteiger partial charge on any atom is 0.416 e. The van der Waals surface area contributed by atoms with Gasteiger partial charge in [0.2, 0.25) is 5.91 Å². The van der Waals surface area contributed by atoms with Crippen molar-refractivity contribution in [1.29, 1.82) is 0 Å². The van der Waals surface area contributed by atoms with Gasteiger partial charge in [-0.1, -0.05) is 18.2 Å². The molecule has 0 spiro atoms. The summed E-state index contributed by atoms with van der Waals surface area (Å²) < 4.78 is 85.1. The van der Waals surface area contributed by atoms with E-state index in [1.54, 1.807) is 13.1 Å². The van der Waals surface area contributed by atoms with E-state index in [1.807, 2.05) is 24.3 Å². The number of rotatable bonds is 7. The Hall–Kier alpha value is -3.87. The van der Waals surface area contributed by atoms with Crippen LogP contribution < -0.4 is 5.32 Å². The van der Waals surface area contributed by atoms with Crippen molar-refractivity contribution < 1.29 is 45.5 Å². The molecule has 1 saturated heterocycles. The summed E-state index contributed by atoms with van der Waals surface area (Å²) in [6.45, 7) is 0.969. The second-order valence-electron chi connectivity index (χ2n) is 9.04. The topological polar surface area (TPSA) is 91.5 Å². The Balaban J connectivity index is 1.70. The Labute approximate surface area is 218 Å². The highest BCUT2D eigenvalue weighted by molar-refractivity contribution is 6.14. The highest BCUT2D eigenvalue weighted by Crippen LogP contribution is 2.36. The van der Waals surface area contributed by atoms with E-state index in [1.165, 1.54) is 0 Å². The van der Waals surface area contributed by atoms with Crippen LogP contribution in [0.25, 0.3) is 10.9 Å². The Morgan fingerprint density at radius 3 is 2.28 bits per heavy atom. The molecular weight excluding hydrogens is 532 g/mol. The van der Waals surface area contributed by atoms with E-state index in [4.69, 9.17) is 4.74 Å². The molecule has 1 aliphatic heterocycles. The number of carbonyl (C=O) groups is 3. The maximum absolute atomic E-state index is 13.4. The molecule has 0 saturated carbocycles. The van der Waals surface area contributed by atoms with Crippen LogP contribution >= 0.6 is 0 Å². The number of hydrogen-bond acceptors (Lipinski definition) is 5. The summed E-state index contributed by atoms with van der Waals surface area (Å²) in [5.74, 6) is -3.02. The normalized spacial score (nSPS) is 18.4. The largest absolute Gasteiger partial charge is 0.465 e. The van der Waals surface area contributed by atoms with Crippen LogP contribution in [0, 0.1) is 0 Å². The van der Waals surface area contributed by atoms with E-state index in [9.17, 15) is 40.7 Å². The summed E-state index contributed by atoms with van der Waals surface area (Å²) in [7, 11) is 0. The lowest BCUT2D eigenvalue weighted by atomic mass is 9.94. The molecule has 2 atom stereocenters. The van der Waals surface area contributed by atoms with Crippen LogP contribution in [0.5, 0.6) is 0 Å². The Morgan fingerprint density at radius 1 is 1.03 bits per heavy atom. The van der Waals surface area contributed by atoms with Crippen molar-refractivity contribution in [3.8, 4) is 0 Å². The number of aromatic nitrogens is 1. The molecule has 7 nitrogen and oxygen atoms in total. The number of para-hydroxylation sites is 1. The molecule has 2 unspecified atom stereocenters. The number of esters is 1. The lowest BCUT2D eigenvalue weighted by Gasteiger charge is -2.37. The average molecular weight is 555 g/mol. The zero-order chi connectivity index (χ0) is 28.5. The van der Waals surface area contributed by atoms with Gasteiger partial charge in [-0.2, -0.15) is 26.3 Å². The number of Topliss-reactive ketones (excluding diaryl/α,β-unsaturated/α-hetero) is 1. The highest BCUT2D eigenvalue weighted by Gasteiger charge is 2.42. The fraction of sp³-hybridized carbons (Fsp3) is 0.346. The minimum Gasteiger partial charge on any atom is -0.465 e. The van der Waals surface area contributed by atoms with Crippen LogP contribution in [0.15, 0.2) is 48.7 Å². The molecule has 13 heteroatoms. The Kier molecular flexibility index (Phi) is 7.73. The number of nitrogens with one attached hydrogen (secondary N) is 2. The first-order valence-electron chi connectivity index (χ1n) is 11.9. The van der Waals surface area contributed by atoms with Gasteiger partial charge in [-0.25, -0.2) is 0 Å².